The first-order chi connectivity index (χ1) is 17.1. The summed E-state index contributed by atoms with van der Waals surface area (Å²) in [5.41, 5.74) is 4.98. The van der Waals surface area contributed by atoms with Gasteiger partial charge in [0.2, 0.25) is 5.95 Å². The van der Waals surface area contributed by atoms with Crippen LogP contribution in [0.4, 0.5) is 11.6 Å². The van der Waals surface area contributed by atoms with Crippen LogP contribution in [0.2, 0.25) is 0 Å². The lowest BCUT2D eigenvalue weighted by Gasteiger charge is -2.18. The number of fused-ring (bicyclic) bond motifs is 2. The molecule has 0 atom stereocenters. The summed E-state index contributed by atoms with van der Waals surface area (Å²) in [6, 6.07) is 12.3. The number of pyridine rings is 1. The molecule has 4 aromatic rings. The van der Waals surface area contributed by atoms with Gasteiger partial charge in [0.25, 0.3) is 5.56 Å². The smallest absolute Gasteiger partial charge is 0.278 e. The van der Waals surface area contributed by atoms with Crippen molar-refractivity contribution in [2.45, 2.75) is 46.8 Å². The zero-order valence-electron chi connectivity index (χ0n) is 20.6. The largest absolute Gasteiger partial charge is 0.324 e. The van der Waals surface area contributed by atoms with Gasteiger partial charge in [0.15, 0.2) is 11.5 Å². The Labute approximate surface area is 204 Å². The summed E-state index contributed by atoms with van der Waals surface area (Å²) >= 11 is 0. The Bertz CT molecular complexity index is 1400. The number of hydrogen-bond acceptors (Lipinski definition) is 7. The first-order valence-corrected chi connectivity index (χ1v) is 12.4. The molecule has 0 spiro atoms. The van der Waals surface area contributed by atoms with Crippen LogP contribution in [0.15, 0.2) is 47.4 Å². The van der Waals surface area contributed by atoms with Crippen LogP contribution in [-0.4, -0.2) is 48.8 Å². The lowest BCUT2D eigenvalue weighted by Crippen LogP contribution is -2.24. The van der Waals surface area contributed by atoms with Crippen molar-refractivity contribution in [3.05, 3.63) is 69.8 Å². The summed E-state index contributed by atoms with van der Waals surface area (Å²) in [6.07, 6.45) is 2.61. The Morgan fingerprint density at radius 3 is 2.74 bits per heavy atom. The molecule has 182 valence electrons. The maximum absolute atomic E-state index is 13.1. The molecule has 0 radical (unpaired) electrons. The first kappa shape index (κ1) is 23.2. The molecule has 9 heteroatoms. The minimum atomic E-state index is -0.119. The predicted octanol–water partition coefficient (Wildman–Crippen LogP) is 3.23. The number of rotatable bonds is 8. The second-order valence-corrected chi connectivity index (χ2v) is 8.75. The summed E-state index contributed by atoms with van der Waals surface area (Å²) in [5.74, 6) is 1.13. The Hall–Kier alpha value is -3.56. The molecule has 4 heterocycles. The van der Waals surface area contributed by atoms with Crippen molar-refractivity contribution in [1.82, 2.24) is 34.5 Å². The highest BCUT2D eigenvalue weighted by molar-refractivity contribution is 5.77. The highest BCUT2D eigenvalue weighted by Gasteiger charge is 2.18. The molecule has 0 unspecified atom stereocenters. The highest BCUT2D eigenvalue weighted by atomic mass is 16.1. The molecule has 2 N–H and O–H groups in total. The van der Waals surface area contributed by atoms with Gasteiger partial charge in [-0.1, -0.05) is 26.0 Å². The van der Waals surface area contributed by atoms with E-state index in [9.17, 15) is 4.79 Å². The minimum absolute atomic E-state index is 0.119. The van der Waals surface area contributed by atoms with E-state index in [0.29, 0.717) is 29.3 Å². The van der Waals surface area contributed by atoms with Crippen LogP contribution >= 0.6 is 0 Å². The van der Waals surface area contributed by atoms with Crippen molar-refractivity contribution >= 4 is 22.7 Å². The fraction of sp³-hybridized carbons (Fsp3) is 0.385. The summed E-state index contributed by atoms with van der Waals surface area (Å²) in [4.78, 5) is 29.6. The Morgan fingerprint density at radius 1 is 1.09 bits per heavy atom. The number of nitrogens with zero attached hydrogens (tertiary/aromatic N) is 6. The summed E-state index contributed by atoms with van der Waals surface area (Å²) < 4.78 is 3.48. The van der Waals surface area contributed by atoms with Gasteiger partial charge in [-0.3, -0.25) is 9.69 Å². The fourth-order valence-corrected chi connectivity index (χ4v) is 4.64. The molecule has 0 amide bonds. The molecule has 0 bridgehead atoms. The molecule has 35 heavy (non-hydrogen) atoms. The Morgan fingerprint density at radius 2 is 1.94 bits per heavy atom. The van der Waals surface area contributed by atoms with Crippen molar-refractivity contribution in [2.24, 2.45) is 0 Å². The maximum Gasteiger partial charge on any atom is 0.278 e. The van der Waals surface area contributed by atoms with Crippen molar-refractivity contribution in [3.63, 3.8) is 0 Å². The highest BCUT2D eigenvalue weighted by Crippen LogP contribution is 2.22. The third-order valence-electron chi connectivity index (χ3n) is 6.61. The van der Waals surface area contributed by atoms with Crippen LogP contribution in [0.5, 0.6) is 0 Å². The molecule has 1 aromatic carbocycles. The van der Waals surface area contributed by atoms with E-state index >= 15 is 0 Å². The van der Waals surface area contributed by atoms with Gasteiger partial charge in [0, 0.05) is 31.5 Å². The molecule has 5 rings (SSSR count). The number of hydrogen-bond donors (Lipinski definition) is 2. The standard InChI is InChI=1S/C26H32N8O/c1-4-32(5-2)17-21-8-7-9-23(29-21)34-24-22(25(35)33(34)6-3)16-28-26(31-24)30-20-11-10-19-15-27-13-12-18(19)14-20/h7-11,14,16,27H,4-6,12-13,15,17H2,1-3H3,(H,28,30,31). The van der Waals surface area contributed by atoms with E-state index in [0.717, 1.165) is 50.5 Å². The topological polar surface area (TPSA) is 92.9 Å². The van der Waals surface area contributed by atoms with Crippen LogP contribution < -0.4 is 16.2 Å². The molecule has 0 aliphatic carbocycles. The summed E-state index contributed by atoms with van der Waals surface area (Å²) in [6.45, 7) is 11.3. The monoisotopic (exact) mass is 472 g/mol. The zero-order chi connectivity index (χ0) is 24.4. The average molecular weight is 473 g/mol. The molecule has 1 aliphatic heterocycles. The summed E-state index contributed by atoms with van der Waals surface area (Å²) in [5, 5.41) is 7.20. The normalized spacial score (nSPS) is 13.4. The lowest BCUT2D eigenvalue weighted by atomic mass is 10.0. The van der Waals surface area contributed by atoms with Crippen LogP contribution in [0.1, 0.15) is 37.6 Å². The Kier molecular flexibility index (Phi) is 6.61. The number of aromatic nitrogens is 5. The van der Waals surface area contributed by atoms with Gasteiger partial charge >= 0.3 is 0 Å². The molecule has 9 nitrogen and oxygen atoms in total. The third kappa shape index (κ3) is 4.56. The molecule has 1 aliphatic rings. The van der Waals surface area contributed by atoms with Gasteiger partial charge in [0.05, 0.1) is 5.69 Å². The summed E-state index contributed by atoms with van der Waals surface area (Å²) in [7, 11) is 0. The van der Waals surface area contributed by atoms with E-state index in [-0.39, 0.29) is 5.56 Å². The van der Waals surface area contributed by atoms with Crippen LogP contribution in [-0.2, 0) is 26.1 Å². The third-order valence-corrected chi connectivity index (χ3v) is 6.61. The van der Waals surface area contributed by atoms with Crippen LogP contribution in [0.25, 0.3) is 16.9 Å². The average Bonchev–Trinajstić information content (AvgIpc) is 3.18. The van der Waals surface area contributed by atoms with Crippen LogP contribution in [0.3, 0.4) is 0 Å². The predicted molar refractivity (Wildman–Crippen MR) is 138 cm³/mol. The van der Waals surface area contributed by atoms with E-state index in [2.05, 4.69) is 46.5 Å². The molecular weight excluding hydrogens is 440 g/mol. The van der Waals surface area contributed by atoms with Gasteiger partial charge in [-0.15, -0.1) is 0 Å². The SMILES string of the molecule is CCN(CC)Cc1cccc(-n2c3nc(Nc4ccc5c(c4)CCNC5)ncc3c(=O)n2CC)n1. The minimum Gasteiger partial charge on any atom is -0.324 e. The fourth-order valence-electron chi connectivity index (χ4n) is 4.64. The van der Waals surface area contributed by atoms with E-state index in [1.54, 1.807) is 10.9 Å². The van der Waals surface area contributed by atoms with Gasteiger partial charge in [-0.2, -0.15) is 4.98 Å². The lowest BCUT2D eigenvalue weighted by molar-refractivity contribution is 0.292. The van der Waals surface area contributed by atoms with E-state index in [4.69, 9.17) is 9.97 Å². The van der Waals surface area contributed by atoms with E-state index in [1.165, 1.54) is 11.1 Å². The van der Waals surface area contributed by atoms with Crippen molar-refractivity contribution in [2.75, 3.05) is 25.0 Å². The van der Waals surface area contributed by atoms with Gasteiger partial charge in [0.1, 0.15) is 5.39 Å². The van der Waals surface area contributed by atoms with Crippen molar-refractivity contribution in [1.29, 1.82) is 0 Å². The first-order valence-electron chi connectivity index (χ1n) is 12.4. The van der Waals surface area contributed by atoms with E-state index in [1.807, 2.05) is 35.9 Å². The van der Waals surface area contributed by atoms with E-state index < -0.39 is 0 Å². The quantitative estimate of drug-likeness (QED) is 0.407. The Balaban J connectivity index is 1.54. The molecule has 3 aromatic heterocycles. The molecule has 0 fully saturated rings. The molecular formula is C26H32N8O. The number of nitrogens with one attached hydrogen (secondary N) is 2. The molecule has 0 saturated carbocycles. The van der Waals surface area contributed by atoms with Gasteiger partial charge < -0.3 is 10.6 Å². The van der Waals surface area contributed by atoms with Crippen LogP contribution in [0, 0.1) is 0 Å². The van der Waals surface area contributed by atoms with Gasteiger partial charge in [-0.05, 0) is 68.4 Å². The second-order valence-electron chi connectivity index (χ2n) is 8.75. The van der Waals surface area contributed by atoms with Crippen molar-refractivity contribution in [3.8, 4) is 5.82 Å². The number of benzene rings is 1. The number of anilines is 2. The van der Waals surface area contributed by atoms with Gasteiger partial charge in [-0.25, -0.2) is 19.3 Å². The zero-order valence-corrected chi connectivity index (χ0v) is 20.6. The second kappa shape index (κ2) is 9.97. The maximum atomic E-state index is 13.1. The molecule has 0 saturated heterocycles. The van der Waals surface area contributed by atoms with Crippen molar-refractivity contribution < 1.29 is 0 Å².